The molecular weight excluding hydrogens is 426 g/mol. The van der Waals surface area contributed by atoms with E-state index in [4.69, 9.17) is 14.9 Å². The van der Waals surface area contributed by atoms with Crippen molar-refractivity contribution in [2.45, 2.75) is 46.1 Å². The van der Waals surface area contributed by atoms with Crippen LogP contribution in [-0.4, -0.2) is 49.8 Å². The maximum absolute atomic E-state index is 10.8. The summed E-state index contributed by atoms with van der Waals surface area (Å²) in [6.07, 6.45) is 2.51. The fraction of sp³-hybridized carbons (Fsp3) is 0.464. The van der Waals surface area contributed by atoms with Crippen molar-refractivity contribution in [3.8, 4) is 11.5 Å². The highest BCUT2D eigenvalue weighted by Gasteiger charge is 2.22. The van der Waals surface area contributed by atoms with Gasteiger partial charge in [0.1, 0.15) is 23.9 Å². The predicted molar refractivity (Wildman–Crippen MR) is 140 cm³/mol. The molecule has 0 atom stereocenters. The van der Waals surface area contributed by atoms with E-state index in [0.29, 0.717) is 17.0 Å². The van der Waals surface area contributed by atoms with Gasteiger partial charge in [-0.05, 0) is 67.1 Å². The first kappa shape index (κ1) is 25.8. The van der Waals surface area contributed by atoms with Gasteiger partial charge in [-0.25, -0.2) is 0 Å². The summed E-state index contributed by atoms with van der Waals surface area (Å²) in [7, 11) is 3.17. The lowest BCUT2D eigenvalue weighted by molar-refractivity contribution is 0.185. The predicted octanol–water partition coefficient (Wildman–Crippen LogP) is 5.86. The van der Waals surface area contributed by atoms with E-state index in [1.165, 1.54) is 18.4 Å². The molecule has 2 N–H and O–H groups in total. The Morgan fingerprint density at radius 3 is 2.38 bits per heavy atom. The molecule has 6 heteroatoms. The van der Waals surface area contributed by atoms with Crippen molar-refractivity contribution < 1.29 is 14.6 Å². The number of methoxy groups -OCH3 is 2. The molecule has 2 aromatic rings. The monoisotopic (exact) mass is 465 g/mol. The minimum atomic E-state index is 0.0670. The number of aromatic hydroxyl groups is 1. The zero-order valence-corrected chi connectivity index (χ0v) is 21.2. The van der Waals surface area contributed by atoms with Gasteiger partial charge in [0.25, 0.3) is 0 Å². The highest BCUT2D eigenvalue weighted by Crippen LogP contribution is 2.38. The second kappa shape index (κ2) is 11.5. The lowest BCUT2D eigenvalue weighted by Crippen LogP contribution is -2.32. The van der Waals surface area contributed by atoms with E-state index in [2.05, 4.69) is 44.4 Å². The Morgan fingerprint density at radius 1 is 1.18 bits per heavy atom. The Labute approximate surface area is 204 Å². The van der Waals surface area contributed by atoms with Gasteiger partial charge in [-0.1, -0.05) is 39.5 Å². The quantitative estimate of drug-likeness (QED) is 0.359. The van der Waals surface area contributed by atoms with Crippen LogP contribution in [0.2, 0.25) is 0 Å². The van der Waals surface area contributed by atoms with Gasteiger partial charge in [0.05, 0.1) is 12.8 Å². The highest BCUT2D eigenvalue weighted by atomic mass is 16.5. The van der Waals surface area contributed by atoms with Crippen LogP contribution in [-0.2, 0) is 11.3 Å². The summed E-state index contributed by atoms with van der Waals surface area (Å²) in [6.45, 7) is 14.1. The molecule has 0 aromatic heterocycles. The van der Waals surface area contributed by atoms with Crippen LogP contribution in [0.3, 0.4) is 0 Å². The number of hydrogen-bond acceptors (Lipinski definition) is 5. The third kappa shape index (κ3) is 5.99. The van der Waals surface area contributed by atoms with Crippen molar-refractivity contribution >= 4 is 17.2 Å². The summed E-state index contributed by atoms with van der Waals surface area (Å²) in [5.74, 6) is 1.96. The first-order valence-corrected chi connectivity index (χ1v) is 12.0. The van der Waals surface area contributed by atoms with Crippen molar-refractivity contribution in [1.82, 2.24) is 4.90 Å². The van der Waals surface area contributed by atoms with E-state index >= 15 is 0 Å². The van der Waals surface area contributed by atoms with Crippen molar-refractivity contribution in [3.05, 3.63) is 59.7 Å². The van der Waals surface area contributed by atoms with Crippen LogP contribution in [0.15, 0.2) is 43.0 Å². The Hall–Kier alpha value is -2.83. The smallest absolute Gasteiger partial charge is 0.131 e. The van der Waals surface area contributed by atoms with E-state index in [1.807, 2.05) is 18.2 Å². The van der Waals surface area contributed by atoms with Crippen LogP contribution in [0.1, 0.15) is 56.2 Å². The number of likely N-dealkylation sites (tertiary alicyclic amines) is 1. The molecular formula is C28H39N3O3. The lowest BCUT2D eigenvalue weighted by atomic mass is 9.97. The molecule has 0 aliphatic carbocycles. The summed E-state index contributed by atoms with van der Waals surface area (Å²) in [4.78, 5) is 4.24. The van der Waals surface area contributed by atoms with Gasteiger partial charge in [0, 0.05) is 31.0 Å². The van der Waals surface area contributed by atoms with Gasteiger partial charge in [0.15, 0.2) is 0 Å². The van der Waals surface area contributed by atoms with Gasteiger partial charge in [-0.15, -0.1) is 0 Å². The number of hydrogen-bond donors (Lipinski definition) is 2. The van der Waals surface area contributed by atoms with Gasteiger partial charge < -0.3 is 14.6 Å². The number of phenols is 1. The molecule has 0 saturated carbocycles. The van der Waals surface area contributed by atoms with E-state index < -0.39 is 0 Å². The van der Waals surface area contributed by atoms with Crippen LogP contribution in [0.5, 0.6) is 11.5 Å². The minimum absolute atomic E-state index is 0.0670. The second-order valence-corrected chi connectivity index (χ2v) is 9.55. The zero-order chi connectivity index (χ0) is 24.8. The molecule has 2 aromatic carbocycles. The van der Waals surface area contributed by atoms with E-state index in [0.717, 1.165) is 36.8 Å². The number of amidine groups is 1. The van der Waals surface area contributed by atoms with Crippen LogP contribution in [0.25, 0.3) is 5.70 Å². The summed E-state index contributed by atoms with van der Waals surface area (Å²) in [5, 5.41) is 19.4. The number of anilines is 1. The second-order valence-electron chi connectivity index (χ2n) is 9.55. The molecule has 0 radical (unpaired) electrons. The highest BCUT2D eigenvalue weighted by molar-refractivity contribution is 6.08. The van der Waals surface area contributed by atoms with Gasteiger partial charge >= 0.3 is 0 Å². The first-order valence-electron chi connectivity index (χ1n) is 12.0. The third-order valence-corrected chi connectivity index (χ3v) is 6.58. The Kier molecular flexibility index (Phi) is 8.75. The van der Waals surface area contributed by atoms with Gasteiger partial charge in [0.2, 0.25) is 0 Å². The average Bonchev–Trinajstić information content (AvgIpc) is 2.81. The van der Waals surface area contributed by atoms with Crippen molar-refractivity contribution in [2.75, 3.05) is 38.8 Å². The number of piperidine rings is 1. The summed E-state index contributed by atoms with van der Waals surface area (Å²) < 4.78 is 10.7. The van der Waals surface area contributed by atoms with Crippen LogP contribution < -0.4 is 9.64 Å². The summed E-state index contributed by atoms with van der Waals surface area (Å²) >= 11 is 0. The molecule has 0 spiro atoms. The van der Waals surface area contributed by atoms with E-state index in [-0.39, 0.29) is 24.1 Å². The number of rotatable bonds is 9. The normalized spacial score (nSPS) is 14.9. The average molecular weight is 466 g/mol. The maximum atomic E-state index is 10.8. The molecule has 6 nitrogen and oxygen atoms in total. The zero-order valence-electron chi connectivity index (χ0n) is 21.2. The van der Waals surface area contributed by atoms with E-state index in [9.17, 15) is 5.11 Å². The molecule has 0 bridgehead atoms. The molecule has 1 saturated heterocycles. The Balaban J connectivity index is 1.89. The molecule has 184 valence electrons. The number of nitrogens with one attached hydrogen (secondary N) is 1. The molecule has 1 aliphatic heterocycles. The van der Waals surface area contributed by atoms with Crippen molar-refractivity contribution in [1.29, 1.82) is 5.41 Å². The summed E-state index contributed by atoms with van der Waals surface area (Å²) in [5.41, 5.74) is 4.11. The SMILES string of the molecule is C=C(c1cc(C(C)C)c(OC)cc1O)N(C(=N)COC)c1ccc(CN2CCC(C)CC2)cc1. The Bertz CT molecular complexity index is 993. The molecule has 34 heavy (non-hydrogen) atoms. The fourth-order valence-corrected chi connectivity index (χ4v) is 4.47. The largest absolute Gasteiger partial charge is 0.507 e. The number of nitrogens with zero attached hydrogens (tertiary/aromatic N) is 2. The number of benzene rings is 2. The van der Waals surface area contributed by atoms with Crippen molar-refractivity contribution in [3.63, 3.8) is 0 Å². The number of phenolic OH excluding ortho intramolecular Hbond substituents is 1. The lowest BCUT2D eigenvalue weighted by Gasteiger charge is -2.31. The fourth-order valence-electron chi connectivity index (χ4n) is 4.47. The van der Waals surface area contributed by atoms with Crippen molar-refractivity contribution in [2.24, 2.45) is 5.92 Å². The third-order valence-electron chi connectivity index (χ3n) is 6.58. The minimum Gasteiger partial charge on any atom is -0.507 e. The van der Waals surface area contributed by atoms with Gasteiger partial charge in [-0.3, -0.25) is 15.2 Å². The van der Waals surface area contributed by atoms with Crippen LogP contribution in [0, 0.1) is 11.3 Å². The molecule has 1 fully saturated rings. The summed E-state index contributed by atoms with van der Waals surface area (Å²) in [6, 6.07) is 11.8. The molecule has 0 amide bonds. The van der Waals surface area contributed by atoms with Crippen LogP contribution in [0.4, 0.5) is 5.69 Å². The molecule has 1 aliphatic rings. The van der Waals surface area contributed by atoms with Gasteiger partial charge in [-0.2, -0.15) is 0 Å². The molecule has 3 rings (SSSR count). The topological polar surface area (TPSA) is 69.0 Å². The van der Waals surface area contributed by atoms with Crippen LogP contribution >= 0.6 is 0 Å². The standard InChI is InChI=1S/C28H39N3O3/c1-19(2)24-15-25(26(32)16-27(24)34-6)21(4)31(28(29)18-33-5)23-9-7-22(8-10-23)17-30-13-11-20(3)12-14-30/h7-10,15-16,19-20,29,32H,4,11-14,17-18H2,1-3,5-6H3. The maximum Gasteiger partial charge on any atom is 0.131 e. The van der Waals surface area contributed by atoms with E-state index in [1.54, 1.807) is 25.2 Å². The number of ether oxygens (including phenoxy) is 2. The first-order chi connectivity index (χ1) is 16.2. The Morgan fingerprint density at radius 2 is 1.82 bits per heavy atom. The molecule has 0 unspecified atom stereocenters. The molecule has 1 heterocycles.